The largest absolute Gasteiger partial charge is 0.416 e. The molecule has 0 spiro atoms. The third kappa shape index (κ3) is 3.07. The van der Waals surface area contributed by atoms with Crippen LogP contribution in [0.25, 0.3) is 4.83 Å². The normalized spacial score (nSPS) is 11.8. The first-order chi connectivity index (χ1) is 10.9. The predicted octanol–water partition coefficient (Wildman–Crippen LogP) is 3.69. The molecule has 0 atom stereocenters. The molecule has 2 heterocycles. The first-order valence-corrected chi connectivity index (χ1v) is 7.55. The van der Waals surface area contributed by atoms with Gasteiger partial charge in [-0.05, 0) is 17.7 Å². The fourth-order valence-corrected chi connectivity index (χ4v) is 3.05. The minimum atomic E-state index is -4.36. The molecule has 4 nitrogen and oxygen atoms in total. The second-order valence-corrected chi connectivity index (χ2v) is 5.97. The van der Waals surface area contributed by atoms with Crippen LogP contribution >= 0.6 is 11.3 Å². The van der Waals surface area contributed by atoms with E-state index < -0.39 is 11.7 Å². The van der Waals surface area contributed by atoms with Crippen LogP contribution in [0.3, 0.4) is 0 Å². The molecule has 0 bridgehead atoms. The Morgan fingerprint density at radius 2 is 2.00 bits per heavy atom. The number of benzene rings is 1. The Labute approximate surface area is 133 Å². The van der Waals surface area contributed by atoms with Crippen molar-refractivity contribution >= 4 is 22.1 Å². The summed E-state index contributed by atoms with van der Waals surface area (Å²) in [6.45, 7) is 0.225. The number of hydrogen-bond acceptors (Lipinski definition) is 3. The highest BCUT2D eigenvalue weighted by atomic mass is 32.1. The Balaban J connectivity index is 1.75. The summed E-state index contributed by atoms with van der Waals surface area (Å²) >= 11 is 1.41. The summed E-state index contributed by atoms with van der Waals surface area (Å²) < 4.78 is 39.3. The number of fused-ring (bicyclic) bond motifs is 1. The number of alkyl halides is 3. The van der Waals surface area contributed by atoms with Crippen LogP contribution in [0.15, 0.2) is 42.2 Å². The van der Waals surface area contributed by atoms with Gasteiger partial charge in [0, 0.05) is 19.0 Å². The molecule has 0 N–H and O–H groups in total. The molecule has 3 rings (SSSR count). The van der Waals surface area contributed by atoms with Gasteiger partial charge in [0.05, 0.1) is 11.8 Å². The summed E-state index contributed by atoms with van der Waals surface area (Å²) in [7, 11) is 1.61. The van der Waals surface area contributed by atoms with Crippen LogP contribution in [0.2, 0.25) is 0 Å². The number of amides is 1. The van der Waals surface area contributed by atoms with Gasteiger partial charge in [-0.15, -0.1) is 11.3 Å². The van der Waals surface area contributed by atoms with Crippen LogP contribution in [0.1, 0.15) is 21.6 Å². The summed E-state index contributed by atoms with van der Waals surface area (Å²) in [5, 5.41) is 1.74. The Morgan fingerprint density at radius 3 is 2.65 bits per heavy atom. The van der Waals surface area contributed by atoms with Crippen LogP contribution in [-0.2, 0) is 12.7 Å². The predicted molar refractivity (Wildman–Crippen MR) is 80.3 cm³/mol. The fourth-order valence-electron chi connectivity index (χ4n) is 2.22. The van der Waals surface area contributed by atoms with E-state index in [1.807, 2.05) is 0 Å². The molecule has 0 aliphatic carbocycles. The summed E-state index contributed by atoms with van der Waals surface area (Å²) in [6, 6.07) is 4.80. The van der Waals surface area contributed by atoms with E-state index in [-0.39, 0.29) is 12.5 Å². The number of rotatable bonds is 3. The third-order valence-electron chi connectivity index (χ3n) is 3.42. The highest BCUT2D eigenvalue weighted by Crippen LogP contribution is 2.29. The number of hydrogen-bond donors (Lipinski definition) is 0. The molecule has 0 unspecified atom stereocenters. The molecule has 0 saturated carbocycles. The van der Waals surface area contributed by atoms with Gasteiger partial charge in [0.25, 0.3) is 5.91 Å². The summed E-state index contributed by atoms with van der Waals surface area (Å²) in [6.07, 6.45) is -1.13. The van der Waals surface area contributed by atoms with E-state index in [4.69, 9.17) is 0 Å². The van der Waals surface area contributed by atoms with Crippen molar-refractivity contribution in [3.05, 3.63) is 59.0 Å². The number of halogens is 3. The Bertz CT molecular complexity index is 836. The molecular weight excluding hydrogens is 327 g/mol. The van der Waals surface area contributed by atoms with Crippen molar-refractivity contribution in [1.29, 1.82) is 0 Å². The number of carbonyl (C=O) groups is 1. The molecule has 0 saturated heterocycles. The molecular formula is C15H12F3N3OS. The van der Waals surface area contributed by atoms with Crippen molar-refractivity contribution in [1.82, 2.24) is 14.3 Å². The minimum Gasteiger partial charge on any atom is -0.336 e. The number of aromatic nitrogens is 2. The zero-order valence-corrected chi connectivity index (χ0v) is 12.9. The lowest BCUT2D eigenvalue weighted by Gasteiger charge is -2.17. The van der Waals surface area contributed by atoms with Gasteiger partial charge in [0.15, 0.2) is 0 Å². The minimum absolute atomic E-state index is 0.214. The van der Waals surface area contributed by atoms with Crippen molar-refractivity contribution in [2.75, 3.05) is 7.05 Å². The first-order valence-electron chi connectivity index (χ1n) is 6.67. The van der Waals surface area contributed by atoms with Gasteiger partial charge in [0.2, 0.25) is 0 Å². The maximum Gasteiger partial charge on any atom is 0.416 e. The molecule has 2 aromatic heterocycles. The summed E-state index contributed by atoms with van der Waals surface area (Å²) in [5.74, 6) is -0.214. The lowest BCUT2D eigenvalue weighted by molar-refractivity contribution is -0.137. The summed E-state index contributed by atoms with van der Waals surface area (Å²) in [4.78, 5) is 18.7. The lowest BCUT2D eigenvalue weighted by Crippen LogP contribution is -2.27. The standard InChI is InChI=1S/C15H12F3N3OS/c1-20(7-10-2-4-11(5-3-10)15(16,17)18)14(22)12-8-23-13-6-19-9-21(12)13/h2-6,8-9H,7H2,1H3. The van der Waals surface area contributed by atoms with E-state index in [1.54, 1.807) is 29.4 Å². The van der Waals surface area contributed by atoms with Crippen molar-refractivity contribution < 1.29 is 18.0 Å². The molecule has 0 radical (unpaired) electrons. The zero-order chi connectivity index (χ0) is 16.6. The molecule has 23 heavy (non-hydrogen) atoms. The Hall–Kier alpha value is -2.35. The van der Waals surface area contributed by atoms with Gasteiger partial charge in [-0.25, -0.2) is 4.98 Å². The molecule has 0 aliphatic heterocycles. The van der Waals surface area contributed by atoms with E-state index >= 15 is 0 Å². The Morgan fingerprint density at radius 1 is 1.30 bits per heavy atom. The average Bonchev–Trinajstić information content (AvgIpc) is 3.09. The van der Waals surface area contributed by atoms with Gasteiger partial charge in [-0.2, -0.15) is 13.2 Å². The summed E-state index contributed by atoms with van der Waals surface area (Å²) in [5.41, 5.74) is 0.413. The molecule has 0 fully saturated rings. The maximum atomic E-state index is 12.5. The topological polar surface area (TPSA) is 37.6 Å². The van der Waals surface area contributed by atoms with E-state index in [1.165, 1.54) is 28.4 Å². The molecule has 1 amide bonds. The lowest BCUT2D eigenvalue weighted by atomic mass is 10.1. The molecule has 0 aliphatic rings. The van der Waals surface area contributed by atoms with Crippen LogP contribution in [0.4, 0.5) is 13.2 Å². The van der Waals surface area contributed by atoms with Gasteiger partial charge >= 0.3 is 6.18 Å². The molecule has 120 valence electrons. The van der Waals surface area contributed by atoms with Crippen LogP contribution in [0.5, 0.6) is 0 Å². The van der Waals surface area contributed by atoms with Gasteiger partial charge < -0.3 is 4.90 Å². The monoisotopic (exact) mass is 339 g/mol. The highest BCUT2D eigenvalue weighted by molar-refractivity contribution is 7.15. The number of nitrogens with zero attached hydrogens (tertiary/aromatic N) is 3. The molecule has 8 heteroatoms. The van der Waals surface area contributed by atoms with Crippen molar-refractivity contribution in [3.8, 4) is 0 Å². The SMILES string of the molecule is CN(Cc1ccc(C(F)(F)F)cc1)C(=O)c1csc2cncn12. The number of imidazole rings is 1. The van der Waals surface area contributed by atoms with Gasteiger partial charge in [-0.3, -0.25) is 9.20 Å². The second kappa shape index (κ2) is 5.69. The molecule has 3 aromatic rings. The van der Waals surface area contributed by atoms with Gasteiger partial charge in [-0.1, -0.05) is 12.1 Å². The van der Waals surface area contributed by atoms with E-state index in [2.05, 4.69) is 4.98 Å². The first kappa shape index (κ1) is 15.5. The highest BCUT2D eigenvalue weighted by Gasteiger charge is 2.30. The third-order valence-corrected chi connectivity index (χ3v) is 4.31. The van der Waals surface area contributed by atoms with Crippen LogP contribution in [0, 0.1) is 0 Å². The fraction of sp³-hybridized carbons (Fsp3) is 0.200. The van der Waals surface area contributed by atoms with Gasteiger partial charge in [0.1, 0.15) is 16.9 Å². The quantitative estimate of drug-likeness (QED) is 0.730. The number of thiazole rings is 1. The zero-order valence-electron chi connectivity index (χ0n) is 12.0. The van der Waals surface area contributed by atoms with Crippen molar-refractivity contribution in [2.24, 2.45) is 0 Å². The second-order valence-electron chi connectivity index (χ2n) is 5.08. The smallest absolute Gasteiger partial charge is 0.336 e. The van der Waals surface area contributed by atoms with E-state index in [0.29, 0.717) is 11.3 Å². The van der Waals surface area contributed by atoms with Crippen LogP contribution < -0.4 is 0 Å². The molecule has 1 aromatic carbocycles. The Kier molecular flexibility index (Phi) is 3.85. The average molecular weight is 339 g/mol. The van der Waals surface area contributed by atoms with Crippen molar-refractivity contribution in [3.63, 3.8) is 0 Å². The maximum absolute atomic E-state index is 12.5. The van der Waals surface area contributed by atoms with Crippen LogP contribution in [-0.4, -0.2) is 27.2 Å². The number of carbonyl (C=O) groups excluding carboxylic acids is 1. The van der Waals surface area contributed by atoms with E-state index in [9.17, 15) is 18.0 Å². The van der Waals surface area contributed by atoms with E-state index in [0.717, 1.165) is 17.0 Å². The van der Waals surface area contributed by atoms with Crippen molar-refractivity contribution in [2.45, 2.75) is 12.7 Å².